The molecule has 3 heterocycles. The number of hydrogen-bond acceptors (Lipinski definition) is 4. The van der Waals surface area contributed by atoms with E-state index in [1.165, 1.54) is 28.9 Å². The lowest BCUT2D eigenvalue weighted by Gasteiger charge is -2.61. The Balaban J connectivity index is 0.00000171. The van der Waals surface area contributed by atoms with E-state index in [-0.39, 0.29) is 36.3 Å². The van der Waals surface area contributed by atoms with Gasteiger partial charge in [-0.1, -0.05) is 60.7 Å². The molecule has 2 atom stereocenters. The second kappa shape index (κ2) is 11.9. The molecule has 0 aliphatic carbocycles. The number of piperidine rings is 3. The highest BCUT2D eigenvalue weighted by molar-refractivity contribution is 7.98. The Kier molecular flexibility index (Phi) is 9.45. The number of nitrogens with one attached hydrogen (secondary N) is 1. The van der Waals surface area contributed by atoms with Crippen molar-refractivity contribution >= 4 is 42.3 Å². The first-order valence-electron chi connectivity index (χ1n) is 12.0. The van der Waals surface area contributed by atoms with Crippen LogP contribution in [0.3, 0.4) is 0 Å². The normalized spacial score (nSPS) is 24.9. The molecule has 188 valence electrons. The van der Waals surface area contributed by atoms with Gasteiger partial charge < -0.3 is 10.1 Å². The fourth-order valence-corrected chi connectivity index (χ4v) is 6.71. The zero-order chi connectivity index (χ0) is 22.8. The first kappa shape index (κ1) is 27.7. The van der Waals surface area contributed by atoms with Crippen molar-refractivity contribution in [2.75, 3.05) is 31.8 Å². The van der Waals surface area contributed by atoms with E-state index in [2.05, 4.69) is 102 Å². The number of ether oxygens (including phenoxy) is 1. The maximum absolute atomic E-state index is 5.78. The summed E-state index contributed by atoms with van der Waals surface area (Å²) in [5.74, 6) is 1.83. The Bertz CT molecular complexity index is 1040. The second-order valence-electron chi connectivity index (χ2n) is 9.49. The van der Waals surface area contributed by atoms with Gasteiger partial charge >= 0.3 is 0 Å². The highest BCUT2D eigenvalue weighted by Gasteiger charge is 2.55. The number of halogens is 2. The average Bonchev–Trinajstić information content (AvgIpc) is 2.88. The fourth-order valence-electron chi connectivity index (χ4n) is 6.27. The standard InChI is InChI=1S/C29H34N2OS.2ClH/c1-29(27(21-10-6-4-7-11-21)22-12-8-5-9-13-22)28(23-16-18-31(29)19-17-23)30-25-20-24(33-3)14-15-26(25)32-2;;/h4-15,20,23,27-28,30H,16-19H2,1-3H3;2*1H/t28-,29-;;/m0../s1. The molecule has 1 N–H and O–H groups in total. The van der Waals surface area contributed by atoms with Crippen LogP contribution in [0.4, 0.5) is 5.69 Å². The molecule has 3 saturated heterocycles. The van der Waals surface area contributed by atoms with Gasteiger partial charge in [-0.05, 0) is 74.4 Å². The molecule has 0 amide bonds. The van der Waals surface area contributed by atoms with Gasteiger partial charge in [0.1, 0.15) is 5.75 Å². The van der Waals surface area contributed by atoms with Gasteiger partial charge in [-0.3, -0.25) is 4.90 Å². The molecular weight excluding hydrogens is 495 g/mol. The lowest BCUT2D eigenvalue weighted by molar-refractivity contribution is -0.0401. The lowest BCUT2D eigenvalue weighted by Crippen LogP contribution is -2.70. The highest BCUT2D eigenvalue weighted by Crippen LogP contribution is 2.51. The summed E-state index contributed by atoms with van der Waals surface area (Å²) in [6, 6.07) is 29.0. The molecule has 35 heavy (non-hydrogen) atoms. The van der Waals surface area contributed by atoms with Crippen LogP contribution in [0.2, 0.25) is 0 Å². The van der Waals surface area contributed by atoms with E-state index in [1.807, 2.05) is 0 Å². The summed E-state index contributed by atoms with van der Waals surface area (Å²) in [5, 5.41) is 4.04. The molecule has 3 aliphatic rings. The van der Waals surface area contributed by atoms with Crippen LogP contribution in [0.1, 0.15) is 36.8 Å². The zero-order valence-electron chi connectivity index (χ0n) is 20.6. The van der Waals surface area contributed by atoms with E-state index in [4.69, 9.17) is 4.74 Å². The number of benzene rings is 3. The molecular formula is C29H36Cl2N2OS. The highest BCUT2D eigenvalue weighted by atomic mass is 35.5. The van der Waals surface area contributed by atoms with Gasteiger partial charge in [0.15, 0.2) is 0 Å². The van der Waals surface area contributed by atoms with Crippen LogP contribution in [0, 0.1) is 5.92 Å². The van der Waals surface area contributed by atoms with Crippen LogP contribution in [0.15, 0.2) is 83.8 Å². The van der Waals surface area contributed by atoms with Crippen molar-refractivity contribution in [3.8, 4) is 5.75 Å². The summed E-state index contributed by atoms with van der Waals surface area (Å²) >= 11 is 1.77. The van der Waals surface area contributed by atoms with E-state index < -0.39 is 0 Å². The summed E-state index contributed by atoms with van der Waals surface area (Å²) in [5.41, 5.74) is 3.81. The topological polar surface area (TPSA) is 24.5 Å². The number of anilines is 1. The summed E-state index contributed by atoms with van der Waals surface area (Å²) in [4.78, 5) is 4.00. The van der Waals surface area contributed by atoms with Gasteiger partial charge in [0.05, 0.1) is 12.8 Å². The summed E-state index contributed by atoms with van der Waals surface area (Å²) < 4.78 is 5.78. The predicted octanol–water partition coefficient (Wildman–Crippen LogP) is 7.36. The average molecular weight is 532 g/mol. The van der Waals surface area contributed by atoms with Crippen molar-refractivity contribution in [2.24, 2.45) is 5.92 Å². The molecule has 0 saturated carbocycles. The minimum Gasteiger partial charge on any atom is -0.495 e. The molecule has 0 radical (unpaired) electrons. The van der Waals surface area contributed by atoms with Gasteiger partial charge in [-0.25, -0.2) is 0 Å². The summed E-state index contributed by atoms with van der Waals surface area (Å²) in [6.45, 7) is 4.82. The van der Waals surface area contributed by atoms with Crippen LogP contribution < -0.4 is 10.1 Å². The van der Waals surface area contributed by atoms with E-state index in [9.17, 15) is 0 Å². The first-order valence-corrected chi connectivity index (χ1v) is 13.2. The number of thioether (sulfide) groups is 1. The van der Waals surface area contributed by atoms with Gasteiger partial charge in [-0.2, -0.15) is 0 Å². The maximum atomic E-state index is 5.78. The second-order valence-corrected chi connectivity index (χ2v) is 10.4. The molecule has 6 rings (SSSR count). The van der Waals surface area contributed by atoms with Crippen molar-refractivity contribution < 1.29 is 4.74 Å². The van der Waals surface area contributed by atoms with E-state index in [0.29, 0.717) is 12.0 Å². The van der Waals surface area contributed by atoms with Gasteiger partial charge in [0.2, 0.25) is 0 Å². The minimum absolute atomic E-state index is 0. The molecule has 2 bridgehead atoms. The molecule has 3 nitrogen and oxygen atoms in total. The van der Waals surface area contributed by atoms with Crippen molar-refractivity contribution in [3.05, 3.63) is 90.0 Å². The van der Waals surface area contributed by atoms with Crippen molar-refractivity contribution in [3.63, 3.8) is 0 Å². The van der Waals surface area contributed by atoms with Crippen molar-refractivity contribution in [2.45, 2.75) is 42.2 Å². The number of methoxy groups -OCH3 is 1. The number of rotatable bonds is 7. The quantitative estimate of drug-likeness (QED) is 0.322. The molecule has 6 heteroatoms. The zero-order valence-corrected chi connectivity index (χ0v) is 23.1. The lowest BCUT2D eigenvalue weighted by atomic mass is 9.62. The minimum atomic E-state index is -0.0652. The van der Waals surface area contributed by atoms with Crippen LogP contribution in [-0.2, 0) is 0 Å². The molecule has 0 spiro atoms. The van der Waals surface area contributed by atoms with Crippen LogP contribution >= 0.6 is 36.6 Å². The Morgan fingerprint density at radius 3 is 2.00 bits per heavy atom. The van der Waals surface area contributed by atoms with E-state index in [1.54, 1.807) is 18.9 Å². The Morgan fingerprint density at radius 1 is 0.914 bits per heavy atom. The number of hydrogen-bond donors (Lipinski definition) is 1. The monoisotopic (exact) mass is 530 g/mol. The smallest absolute Gasteiger partial charge is 0.142 e. The SMILES string of the molecule is COc1ccc(SC)cc1N[C@H]1C2CCN(CC2)[C@@]1(C)C(c1ccccc1)c1ccccc1.Cl.Cl. The van der Waals surface area contributed by atoms with Gasteiger partial charge in [0.25, 0.3) is 0 Å². The molecule has 3 fully saturated rings. The number of fused-ring (bicyclic) bond motifs is 3. The fraction of sp³-hybridized carbons (Fsp3) is 0.379. The summed E-state index contributed by atoms with van der Waals surface area (Å²) in [7, 11) is 1.77. The van der Waals surface area contributed by atoms with Crippen LogP contribution in [0.5, 0.6) is 5.75 Å². The van der Waals surface area contributed by atoms with E-state index >= 15 is 0 Å². The predicted molar refractivity (Wildman–Crippen MR) is 154 cm³/mol. The number of nitrogens with zero attached hydrogens (tertiary/aromatic N) is 1. The van der Waals surface area contributed by atoms with E-state index in [0.717, 1.165) is 24.5 Å². The van der Waals surface area contributed by atoms with Crippen LogP contribution in [-0.4, -0.2) is 42.9 Å². The van der Waals surface area contributed by atoms with Gasteiger partial charge in [0, 0.05) is 22.4 Å². The maximum Gasteiger partial charge on any atom is 0.142 e. The van der Waals surface area contributed by atoms with Gasteiger partial charge in [-0.15, -0.1) is 36.6 Å². The Morgan fingerprint density at radius 2 is 1.49 bits per heavy atom. The third-order valence-corrected chi connectivity index (χ3v) is 8.62. The molecule has 3 aromatic rings. The van der Waals surface area contributed by atoms with Crippen molar-refractivity contribution in [1.29, 1.82) is 0 Å². The third-order valence-electron chi connectivity index (χ3n) is 7.89. The Labute approximate surface area is 226 Å². The molecule has 0 unspecified atom stereocenters. The molecule has 3 aliphatic heterocycles. The van der Waals surface area contributed by atoms with Crippen molar-refractivity contribution in [1.82, 2.24) is 4.90 Å². The molecule has 0 aromatic heterocycles. The largest absolute Gasteiger partial charge is 0.495 e. The third kappa shape index (κ3) is 5.17. The first-order chi connectivity index (χ1) is 16.1. The van der Waals surface area contributed by atoms with Crippen LogP contribution in [0.25, 0.3) is 0 Å². The Hall–Kier alpha value is -1.85. The molecule has 3 aromatic carbocycles. The summed E-state index contributed by atoms with van der Waals surface area (Å²) in [6.07, 6.45) is 4.62.